The molecule has 1 aliphatic heterocycles. The third-order valence-electron chi connectivity index (χ3n) is 9.26. The first-order valence-corrected chi connectivity index (χ1v) is 15.2. The van der Waals surface area contributed by atoms with Crippen molar-refractivity contribution in [2.45, 2.75) is 82.5 Å². The van der Waals surface area contributed by atoms with Crippen LogP contribution in [0.5, 0.6) is 0 Å². The minimum atomic E-state index is -0.129. The summed E-state index contributed by atoms with van der Waals surface area (Å²) in [6.07, 6.45) is 16.1. The Bertz CT molecular complexity index is 1290. The fourth-order valence-electron chi connectivity index (χ4n) is 7.00. The molecule has 2 aromatic heterocycles. The first kappa shape index (κ1) is 26.8. The summed E-state index contributed by atoms with van der Waals surface area (Å²) in [5, 5.41) is 7.14. The molecule has 40 heavy (non-hydrogen) atoms. The van der Waals surface area contributed by atoms with E-state index in [1.165, 1.54) is 32.1 Å². The smallest absolute Gasteiger partial charge is 0.315 e. The van der Waals surface area contributed by atoms with E-state index in [4.69, 9.17) is 0 Å². The molecule has 2 N–H and O–H groups in total. The number of piperazine rings is 1. The Morgan fingerprint density at radius 1 is 0.850 bits per heavy atom. The standard InChI is InChI=1S/C32H42N6O2/c39-31(37-19-17-36(18-20-37)26-8-2-1-3-9-26)29-23-38(30-11-5-4-10-28(29)30)27-14-12-25(13-15-27)35-32(40)34-22-24-7-6-16-33-21-24/h4-7,10-11,16,21,23,25-27H,1-3,8-9,12-15,17-20,22H2,(H2,34,35,40)/t25-,27+. The number of nitrogens with one attached hydrogen (secondary N) is 2. The van der Waals surface area contributed by atoms with Gasteiger partial charge >= 0.3 is 6.03 Å². The molecule has 212 valence electrons. The second-order valence-corrected chi connectivity index (χ2v) is 11.8. The Hall–Kier alpha value is -3.39. The number of carbonyl (C=O) groups is 2. The van der Waals surface area contributed by atoms with E-state index in [0.717, 1.165) is 73.9 Å². The molecule has 2 saturated carbocycles. The van der Waals surface area contributed by atoms with Gasteiger partial charge in [-0.3, -0.25) is 14.7 Å². The van der Waals surface area contributed by atoms with Crippen LogP contribution in [-0.4, -0.2) is 69.6 Å². The summed E-state index contributed by atoms with van der Waals surface area (Å²) in [6, 6.07) is 13.2. The zero-order chi connectivity index (χ0) is 27.3. The van der Waals surface area contributed by atoms with E-state index in [9.17, 15) is 9.59 Å². The van der Waals surface area contributed by atoms with Gasteiger partial charge in [-0.15, -0.1) is 0 Å². The van der Waals surface area contributed by atoms with E-state index in [1.54, 1.807) is 12.4 Å². The van der Waals surface area contributed by atoms with Crippen molar-refractivity contribution >= 4 is 22.8 Å². The number of urea groups is 1. The van der Waals surface area contributed by atoms with Gasteiger partial charge in [0.2, 0.25) is 0 Å². The third kappa shape index (κ3) is 6.02. The van der Waals surface area contributed by atoms with Crippen LogP contribution < -0.4 is 10.6 Å². The highest BCUT2D eigenvalue weighted by atomic mass is 16.2. The monoisotopic (exact) mass is 542 g/mol. The largest absolute Gasteiger partial charge is 0.344 e. The topological polar surface area (TPSA) is 82.5 Å². The molecule has 0 atom stereocenters. The number of fused-ring (bicyclic) bond motifs is 1. The van der Waals surface area contributed by atoms with Gasteiger partial charge in [0.1, 0.15) is 0 Å². The number of hydrogen-bond donors (Lipinski definition) is 2. The van der Waals surface area contributed by atoms with E-state index in [2.05, 4.69) is 54.4 Å². The zero-order valence-electron chi connectivity index (χ0n) is 23.4. The van der Waals surface area contributed by atoms with E-state index in [-0.39, 0.29) is 18.0 Å². The molecule has 3 heterocycles. The number of aromatic nitrogens is 2. The maximum Gasteiger partial charge on any atom is 0.315 e. The summed E-state index contributed by atoms with van der Waals surface area (Å²) in [5.74, 6) is 0.166. The zero-order valence-corrected chi connectivity index (χ0v) is 23.4. The molecule has 2 aliphatic carbocycles. The predicted octanol–water partition coefficient (Wildman–Crippen LogP) is 5.11. The van der Waals surface area contributed by atoms with Gasteiger partial charge in [0, 0.05) is 80.3 Å². The number of rotatable bonds is 6. The molecule has 8 nitrogen and oxygen atoms in total. The van der Waals surface area contributed by atoms with Crippen molar-refractivity contribution in [1.82, 2.24) is 30.0 Å². The molecular weight excluding hydrogens is 500 g/mol. The number of hydrogen-bond acceptors (Lipinski definition) is 4. The lowest BCUT2D eigenvalue weighted by atomic mass is 9.91. The number of amides is 3. The van der Waals surface area contributed by atoms with E-state index >= 15 is 0 Å². The second kappa shape index (κ2) is 12.4. The van der Waals surface area contributed by atoms with Gasteiger partial charge in [0.25, 0.3) is 5.91 Å². The minimum Gasteiger partial charge on any atom is -0.344 e. The van der Waals surface area contributed by atoms with Gasteiger partial charge in [-0.25, -0.2) is 4.79 Å². The van der Waals surface area contributed by atoms with Crippen molar-refractivity contribution in [1.29, 1.82) is 0 Å². The first-order chi connectivity index (χ1) is 19.7. The molecule has 6 rings (SSSR count). The maximum absolute atomic E-state index is 13.8. The highest BCUT2D eigenvalue weighted by Crippen LogP contribution is 2.34. The van der Waals surface area contributed by atoms with Crippen LogP contribution in [0.15, 0.2) is 55.0 Å². The number of pyridine rings is 1. The number of nitrogens with zero attached hydrogens (tertiary/aromatic N) is 4. The van der Waals surface area contributed by atoms with Gasteiger partial charge in [0.05, 0.1) is 5.56 Å². The van der Waals surface area contributed by atoms with Crippen molar-refractivity contribution in [3.63, 3.8) is 0 Å². The fraction of sp³-hybridized carbons (Fsp3) is 0.531. The Morgan fingerprint density at radius 3 is 2.38 bits per heavy atom. The molecule has 3 fully saturated rings. The Kier molecular flexibility index (Phi) is 8.32. The second-order valence-electron chi connectivity index (χ2n) is 11.8. The summed E-state index contributed by atoms with van der Waals surface area (Å²) >= 11 is 0. The maximum atomic E-state index is 13.8. The molecule has 3 aliphatic rings. The molecule has 1 saturated heterocycles. The average molecular weight is 543 g/mol. The van der Waals surface area contributed by atoms with E-state index < -0.39 is 0 Å². The van der Waals surface area contributed by atoms with Crippen LogP contribution in [0.1, 0.15) is 79.8 Å². The first-order valence-electron chi connectivity index (χ1n) is 15.2. The van der Waals surface area contributed by atoms with Crippen LogP contribution in [0.3, 0.4) is 0 Å². The quantitative estimate of drug-likeness (QED) is 0.454. The van der Waals surface area contributed by atoms with Crippen LogP contribution in [-0.2, 0) is 6.54 Å². The molecule has 0 bridgehead atoms. The lowest BCUT2D eigenvalue weighted by Gasteiger charge is -2.40. The predicted molar refractivity (Wildman–Crippen MR) is 157 cm³/mol. The third-order valence-corrected chi connectivity index (χ3v) is 9.26. The Balaban J connectivity index is 1.06. The van der Waals surface area contributed by atoms with Crippen LogP contribution in [0.25, 0.3) is 10.9 Å². The summed E-state index contributed by atoms with van der Waals surface area (Å²) in [7, 11) is 0. The minimum absolute atomic E-state index is 0.129. The summed E-state index contributed by atoms with van der Waals surface area (Å²) in [5.41, 5.74) is 2.95. The van der Waals surface area contributed by atoms with Crippen LogP contribution in [0.4, 0.5) is 4.79 Å². The van der Waals surface area contributed by atoms with Crippen molar-refractivity contribution in [2.75, 3.05) is 26.2 Å². The molecule has 1 aromatic carbocycles. The van der Waals surface area contributed by atoms with Crippen LogP contribution in [0, 0.1) is 0 Å². The number of benzene rings is 1. The summed E-state index contributed by atoms with van der Waals surface area (Å²) in [4.78, 5) is 35.0. The molecule has 0 radical (unpaired) electrons. The molecule has 3 amide bonds. The van der Waals surface area contributed by atoms with E-state index in [0.29, 0.717) is 18.6 Å². The lowest BCUT2D eigenvalue weighted by molar-refractivity contribution is 0.0524. The Labute approximate surface area is 237 Å². The number of para-hydroxylation sites is 1. The summed E-state index contributed by atoms with van der Waals surface area (Å²) < 4.78 is 2.33. The normalized spacial score (nSPS) is 22.8. The van der Waals surface area contributed by atoms with E-state index in [1.807, 2.05) is 18.2 Å². The average Bonchev–Trinajstić information content (AvgIpc) is 3.41. The van der Waals surface area contributed by atoms with Gasteiger partial charge in [-0.2, -0.15) is 0 Å². The molecule has 0 spiro atoms. The highest BCUT2D eigenvalue weighted by Gasteiger charge is 2.30. The van der Waals surface area contributed by atoms with Crippen molar-refractivity contribution in [3.05, 3.63) is 66.1 Å². The van der Waals surface area contributed by atoms with Crippen molar-refractivity contribution in [3.8, 4) is 0 Å². The van der Waals surface area contributed by atoms with Gasteiger partial charge in [-0.1, -0.05) is 43.5 Å². The van der Waals surface area contributed by atoms with Gasteiger partial charge < -0.3 is 20.1 Å². The molecular formula is C32H42N6O2. The van der Waals surface area contributed by atoms with Crippen molar-refractivity contribution in [2.24, 2.45) is 0 Å². The van der Waals surface area contributed by atoms with Crippen LogP contribution in [0.2, 0.25) is 0 Å². The van der Waals surface area contributed by atoms with Crippen molar-refractivity contribution < 1.29 is 9.59 Å². The summed E-state index contributed by atoms with van der Waals surface area (Å²) in [6.45, 7) is 4.07. The molecule has 0 unspecified atom stereocenters. The van der Waals surface area contributed by atoms with Gasteiger partial charge in [0.15, 0.2) is 0 Å². The highest BCUT2D eigenvalue weighted by molar-refractivity contribution is 6.07. The Morgan fingerprint density at radius 2 is 1.62 bits per heavy atom. The van der Waals surface area contributed by atoms with Gasteiger partial charge in [-0.05, 0) is 56.2 Å². The number of carbonyl (C=O) groups excluding carboxylic acids is 2. The fourth-order valence-corrected chi connectivity index (χ4v) is 7.00. The lowest BCUT2D eigenvalue weighted by Crippen LogP contribution is -2.52. The molecule has 3 aromatic rings. The SMILES string of the molecule is O=C(NCc1cccnc1)N[C@H]1CC[C@@H](n2cc(C(=O)N3CCN(C4CCCCC4)CC3)c3ccccc32)CC1. The molecule has 8 heteroatoms. The van der Waals surface area contributed by atoms with Crippen LogP contribution >= 0.6 is 0 Å².